The quantitative estimate of drug-likeness (QED) is 0.895. The number of hydrogen-bond donors (Lipinski definition) is 1. The molecule has 2 unspecified atom stereocenters. The van der Waals surface area contributed by atoms with E-state index in [1.54, 1.807) is 11.0 Å². The van der Waals surface area contributed by atoms with Crippen molar-refractivity contribution in [3.63, 3.8) is 0 Å². The first-order chi connectivity index (χ1) is 9.08. The molecule has 2 atom stereocenters. The van der Waals surface area contributed by atoms with Crippen molar-refractivity contribution in [3.05, 3.63) is 18.0 Å². The molecule has 2 rings (SSSR count). The van der Waals surface area contributed by atoms with E-state index >= 15 is 0 Å². The predicted octanol–water partition coefficient (Wildman–Crippen LogP) is 1.64. The van der Waals surface area contributed by atoms with E-state index in [9.17, 15) is 9.59 Å². The summed E-state index contributed by atoms with van der Waals surface area (Å²) in [7, 11) is 0. The van der Waals surface area contributed by atoms with Crippen LogP contribution in [0.1, 0.15) is 36.7 Å². The molecule has 1 aliphatic rings. The molecular weight excluding hydrogens is 248 g/mol. The fourth-order valence-electron chi connectivity index (χ4n) is 2.58. The summed E-state index contributed by atoms with van der Waals surface area (Å²) in [6, 6.07) is 1.55. The lowest BCUT2D eigenvalue weighted by molar-refractivity contribution is -0.138. The first-order valence-electron chi connectivity index (χ1n) is 6.49. The molecule has 0 aromatic carbocycles. The molecule has 0 spiro atoms. The Balaban J connectivity index is 1.97. The maximum absolute atomic E-state index is 12.1. The molecule has 2 heterocycles. The van der Waals surface area contributed by atoms with Crippen molar-refractivity contribution in [2.45, 2.75) is 26.2 Å². The van der Waals surface area contributed by atoms with Gasteiger partial charge >= 0.3 is 5.97 Å². The van der Waals surface area contributed by atoms with Crippen LogP contribution in [0.4, 0.5) is 0 Å². The van der Waals surface area contributed by atoms with Gasteiger partial charge < -0.3 is 14.5 Å². The number of carbonyl (C=O) groups is 2. The van der Waals surface area contributed by atoms with E-state index in [4.69, 9.17) is 9.63 Å². The predicted molar refractivity (Wildman–Crippen MR) is 66.5 cm³/mol. The third-order valence-corrected chi connectivity index (χ3v) is 3.69. The van der Waals surface area contributed by atoms with E-state index in [1.807, 2.05) is 6.92 Å². The lowest BCUT2D eigenvalue weighted by Crippen LogP contribution is -2.41. The van der Waals surface area contributed by atoms with Crippen LogP contribution in [0.2, 0.25) is 0 Å². The third kappa shape index (κ3) is 3.33. The number of aromatic nitrogens is 1. The van der Waals surface area contributed by atoms with Gasteiger partial charge in [0.1, 0.15) is 0 Å². The van der Waals surface area contributed by atoms with Gasteiger partial charge in [0, 0.05) is 25.6 Å². The SMILES string of the molecule is CC(CC(=O)O)C1CCCN(C(=O)c2ccno2)C1. The number of nitrogens with zero attached hydrogens (tertiary/aromatic N) is 2. The fourth-order valence-corrected chi connectivity index (χ4v) is 2.58. The Labute approximate surface area is 111 Å². The minimum atomic E-state index is -0.786. The number of carboxylic acid groups (broad SMARTS) is 1. The summed E-state index contributed by atoms with van der Waals surface area (Å²) in [6.07, 6.45) is 3.46. The number of aliphatic carboxylic acids is 1. The molecule has 1 N–H and O–H groups in total. The van der Waals surface area contributed by atoms with Crippen LogP contribution < -0.4 is 0 Å². The molecule has 1 aromatic rings. The van der Waals surface area contributed by atoms with Crippen LogP contribution in [0.5, 0.6) is 0 Å². The molecule has 0 bridgehead atoms. The molecule has 1 amide bonds. The van der Waals surface area contributed by atoms with Crippen LogP contribution in [-0.4, -0.2) is 40.1 Å². The molecule has 0 saturated carbocycles. The molecule has 104 valence electrons. The first-order valence-corrected chi connectivity index (χ1v) is 6.49. The highest BCUT2D eigenvalue weighted by atomic mass is 16.5. The second-order valence-electron chi connectivity index (χ2n) is 5.11. The van der Waals surface area contributed by atoms with Gasteiger partial charge in [0.2, 0.25) is 5.76 Å². The minimum Gasteiger partial charge on any atom is -0.481 e. The van der Waals surface area contributed by atoms with E-state index in [1.165, 1.54) is 6.20 Å². The summed E-state index contributed by atoms with van der Waals surface area (Å²) < 4.78 is 4.87. The number of amides is 1. The largest absolute Gasteiger partial charge is 0.481 e. The zero-order chi connectivity index (χ0) is 13.8. The van der Waals surface area contributed by atoms with Crippen molar-refractivity contribution in [2.24, 2.45) is 11.8 Å². The Kier molecular flexibility index (Phi) is 4.19. The average molecular weight is 266 g/mol. The van der Waals surface area contributed by atoms with E-state index < -0.39 is 5.97 Å². The van der Waals surface area contributed by atoms with Crippen molar-refractivity contribution in [1.29, 1.82) is 0 Å². The van der Waals surface area contributed by atoms with Crippen LogP contribution >= 0.6 is 0 Å². The van der Waals surface area contributed by atoms with Crippen LogP contribution in [-0.2, 0) is 4.79 Å². The van der Waals surface area contributed by atoms with Gasteiger partial charge in [-0.05, 0) is 24.7 Å². The van der Waals surface area contributed by atoms with Gasteiger partial charge in [0.05, 0.1) is 6.20 Å². The number of hydrogen-bond acceptors (Lipinski definition) is 4. The monoisotopic (exact) mass is 266 g/mol. The van der Waals surface area contributed by atoms with E-state index in [0.29, 0.717) is 13.1 Å². The Morgan fingerprint density at radius 1 is 1.63 bits per heavy atom. The highest BCUT2D eigenvalue weighted by Gasteiger charge is 2.29. The maximum Gasteiger partial charge on any atom is 0.303 e. The van der Waals surface area contributed by atoms with Crippen molar-refractivity contribution < 1.29 is 19.2 Å². The lowest BCUT2D eigenvalue weighted by Gasteiger charge is -2.34. The van der Waals surface area contributed by atoms with Gasteiger partial charge in [-0.2, -0.15) is 0 Å². The Morgan fingerprint density at radius 3 is 3.05 bits per heavy atom. The number of likely N-dealkylation sites (tertiary alicyclic amines) is 1. The second kappa shape index (κ2) is 5.86. The maximum atomic E-state index is 12.1. The van der Waals surface area contributed by atoms with Gasteiger partial charge in [0.25, 0.3) is 5.91 Å². The van der Waals surface area contributed by atoms with E-state index in [2.05, 4.69) is 5.16 Å². The Morgan fingerprint density at radius 2 is 2.42 bits per heavy atom. The Bertz CT molecular complexity index is 444. The normalized spacial score (nSPS) is 21.1. The molecule has 0 radical (unpaired) electrons. The highest BCUT2D eigenvalue weighted by molar-refractivity contribution is 5.91. The molecule has 1 aliphatic heterocycles. The average Bonchev–Trinajstić information content (AvgIpc) is 2.91. The molecule has 0 aliphatic carbocycles. The van der Waals surface area contributed by atoms with Crippen LogP contribution in [0.25, 0.3) is 0 Å². The number of piperidine rings is 1. The number of rotatable bonds is 4. The molecule has 1 fully saturated rings. The van der Waals surface area contributed by atoms with Crippen LogP contribution in [0, 0.1) is 11.8 Å². The van der Waals surface area contributed by atoms with Crippen molar-refractivity contribution >= 4 is 11.9 Å². The minimum absolute atomic E-state index is 0.0721. The summed E-state index contributed by atoms with van der Waals surface area (Å²) in [4.78, 5) is 24.6. The fraction of sp³-hybridized carbons (Fsp3) is 0.615. The summed E-state index contributed by atoms with van der Waals surface area (Å²) in [5.41, 5.74) is 0. The molecule has 1 saturated heterocycles. The topological polar surface area (TPSA) is 83.6 Å². The second-order valence-corrected chi connectivity index (χ2v) is 5.11. The van der Waals surface area contributed by atoms with E-state index in [-0.39, 0.29) is 29.9 Å². The Hall–Kier alpha value is -1.85. The molecule has 6 nitrogen and oxygen atoms in total. The van der Waals surface area contributed by atoms with Crippen molar-refractivity contribution in [1.82, 2.24) is 10.1 Å². The van der Waals surface area contributed by atoms with Crippen molar-refractivity contribution in [3.8, 4) is 0 Å². The van der Waals surface area contributed by atoms with Gasteiger partial charge in [-0.15, -0.1) is 0 Å². The van der Waals surface area contributed by atoms with Gasteiger partial charge in [-0.25, -0.2) is 0 Å². The summed E-state index contributed by atoms with van der Waals surface area (Å²) in [5, 5.41) is 12.4. The molecule has 1 aromatic heterocycles. The highest BCUT2D eigenvalue weighted by Crippen LogP contribution is 2.26. The number of carbonyl (C=O) groups excluding carboxylic acids is 1. The van der Waals surface area contributed by atoms with Crippen LogP contribution in [0.15, 0.2) is 16.8 Å². The van der Waals surface area contributed by atoms with Crippen LogP contribution in [0.3, 0.4) is 0 Å². The first kappa shape index (κ1) is 13.6. The van der Waals surface area contributed by atoms with E-state index in [0.717, 1.165) is 12.8 Å². The van der Waals surface area contributed by atoms with Gasteiger partial charge in [-0.1, -0.05) is 12.1 Å². The van der Waals surface area contributed by atoms with Crippen molar-refractivity contribution in [2.75, 3.05) is 13.1 Å². The summed E-state index contributed by atoms with van der Waals surface area (Å²) in [5.74, 6) is -0.401. The third-order valence-electron chi connectivity index (χ3n) is 3.69. The summed E-state index contributed by atoms with van der Waals surface area (Å²) in [6.45, 7) is 3.21. The zero-order valence-electron chi connectivity index (χ0n) is 10.9. The zero-order valence-corrected chi connectivity index (χ0v) is 10.9. The number of carboxylic acids is 1. The van der Waals surface area contributed by atoms with Gasteiger partial charge in [0.15, 0.2) is 0 Å². The molecule has 6 heteroatoms. The molecular formula is C13H18N2O4. The smallest absolute Gasteiger partial charge is 0.303 e. The molecule has 19 heavy (non-hydrogen) atoms. The summed E-state index contributed by atoms with van der Waals surface area (Å²) >= 11 is 0. The lowest BCUT2D eigenvalue weighted by atomic mass is 9.84. The standard InChI is InChI=1S/C13H18N2O4/c1-9(7-12(16)17)10-3-2-6-15(8-10)13(18)11-4-5-14-19-11/h4-5,9-10H,2-3,6-8H2,1H3,(H,16,17). The van der Waals surface area contributed by atoms with Gasteiger partial charge in [-0.3, -0.25) is 9.59 Å².